The second-order valence-electron chi connectivity index (χ2n) is 8.85. The van der Waals surface area contributed by atoms with Gasteiger partial charge in [0, 0.05) is 12.6 Å². The highest BCUT2D eigenvalue weighted by Gasteiger charge is 2.05. The number of unbranched alkanes of at least 4 members (excludes halogenated alkanes) is 13. The van der Waals surface area contributed by atoms with Crippen molar-refractivity contribution in [2.45, 2.75) is 135 Å². The third-order valence-corrected chi connectivity index (χ3v) is 5.87. The molecule has 0 rings (SSSR count). The van der Waals surface area contributed by atoms with Gasteiger partial charge in [-0.25, -0.2) is 0 Å². The van der Waals surface area contributed by atoms with Crippen molar-refractivity contribution < 1.29 is 4.74 Å². The van der Waals surface area contributed by atoms with Gasteiger partial charge in [0.25, 0.3) is 0 Å². The maximum absolute atomic E-state index is 5.85. The minimum absolute atomic E-state index is 0.536. The summed E-state index contributed by atoms with van der Waals surface area (Å²) >= 11 is 0. The van der Waals surface area contributed by atoms with Gasteiger partial charge in [0.15, 0.2) is 0 Å². The molecule has 0 fully saturated rings. The van der Waals surface area contributed by atoms with Crippen LogP contribution in [0.25, 0.3) is 0 Å². The maximum Gasteiger partial charge on any atom is 0.0619 e. The summed E-state index contributed by atoms with van der Waals surface area (Å²) in [5.74, 6) is 0. The molecule has 0 spiro atoms. The monoisotopic (exact) mass is 421 g/mol. The lowest BCUT2D eigenvalue weighted by atomic mass is 10.0. The van der Waals surface area contributed by atoms with Gasteiger partial charge in [0.05, 0.1) is 6.61 Å². The van der Waals surface area contributed by atoms with Crippen LogP contribution < -0.4 is 5.32 Å². The van der Waals surface area contributed by atoms with Crippen molar-refractivity contribution in [1.82, 2.24) is 5.32 Å². The highest BCUT2D eigenvalue weighted by atomic mass is 16.5. The lowest BCUT2D eigenvalue weighted by Crippen LogP contribution is -2.30. The SMILES string of the molecule is CCCCC/C=C\C/C=C\CCCCCCCCC[C@H](COCCCCCC)NC. The van der Waals surface area contributed by atoms with Crippen LogP contribution in [-0.2, 0) is 4.74 Å². The van der Waals surface area contributed by atoms with E-state index in [2.05, 4.69) is 50.5 Å². The molecular weight excluding hydrogens is 366 g/mol. The van der Waals surface area contributed by atoms with Crippen LogP contribution in [0.1, 0.15) is 129 Å². The van der Waals surface area contributed by atoms with E-state index in [1.807, 2.05) is 0 Å². The second-order valence-corrected chi connectivity index (χ2v) is 8.85. The first-order valence-electron chi connectivity index (χ1n) is 13.4. The molecular formula is C28H55NO. The number of hydrogen-bond acceptors (Lipinski definition) is 2. The van der Waals surface area contributed by atoms with Gasteiger partial charge < -0.3 is 10.1 Å². The average Bonchev–Trinajstić information content (AvgIpc) is 2.76. The smallest absolute Gasteiger partial charge is 0.0619 e. The first kappa shape index (κ1) is 29.4. The van der Waals surface area contributed by atoms with Crippen LogP contribution in [0.2, 0.25) is 0 Å². The van der Waals surface area contributed by atoms with E-state index in [9.17, 15) is 0 Å². The Kier molecular flexibility index (Phi) is 25.9. The van der Waals surface area contributed by atoms with Crippen LogP contribution >= 0.6 is 0 Å². The molecule has 0 aromatic rings. The van der Waals surface area contributed by atoms with Crippen LogP contribution in [0.5, 0.6) is 0 Å². The molecule has 0 aliphatic carbocycles. The highest BCUT2D eigenvalue weighted by molar-refractivity contribution is 4.92. The standard InChI is InChI=1S/C28H55NO/c1-4-6-8-10-11-12-13-14-15-16-17-18-19-20-21-22-23-25-28(29-3)27-30-26-24-9-7-5-2/h11-12,14-15,28-29H,4-10,13,16-27H2,1-3H3/b12-11-,15-14-/t28-/m1/s1. The van der Waals surface area contributed by atoms with E-state index < -0.39 is 0 Å². The van der Waals surface area contributed by atoms with Crippen molar-refractivity contribution in [3.05, 3.63) is 24.3 Å². The summed E-state index contributed by atoms with van der Waals surface area (Å²) in [6, 6.07) is 0.536. The fourth-order valence-electron chi connectivity index (χ4n) is 3.72. The molecule has 178 valence electrons. The Morgan fingerprint density at radius 3 is 1.80 bits per heavy atom. The summed E-state index contributed by atoms with van der Waals surface area (Å²) in [6.07, 6.45) is 33.1. The third kappa shape index (κ3) is 23.7. The van der Waals surface area contributed by atoms with Crippen molar-refractivity contribution >= 4 is 0 Å². The quantitative estimate of drug-likeness (QED) is 0.124. The molecule has 1 N–H and O–H groups in total. The van der Waals surface area contributed by atoms with Gasteiger partial charge in [0.1, 0.15) is 0 Å². The molecule has 2 nitrogen and oxygen atoms in total. The molecule has 0 aromatic heterocycles. The number of ether oxygens (including phenoxy) is 1. The summed E-state index contributed by atoms with van der Waals surface area (Å²) in [5, 5.41) is 3.42. The van der Waals surface area contributed by atoms with Gasteiger partial charge in [0.2, 0.25) is 0 Å². The van der Waals surface area contributed by atoms with Gasteiger partial charge in [-0.15, -0.1) is 0 Å². The summed E-state index contributed by atoms with van der Waals surface area (Å²) in [6.45, 7) is 6.33. The van der Waals surface area contributed by atoms with E-state index in [0.717, 1.165) is 19.6 Å². The van der Waals surface area contributed by atoms with E-state index in [0.29, 0.717) is 6.04 Å². The molecule has 0 amide bonds. The number of hydrogen-bond donors (Lipinski definition) is 1. The Labute approximate surface area is 190 Å². The van der Waals surface area contributed by atoms with Crippen molar-refractivity contribution in [1.29, 1.82) is 0 Å². The van der Waals surface area contributed by atoms with Gasteiger partial charge >= 0.3 is 0 Å². The molecule has 0 unspecified atom stereocenters. The van der Waals surface area contributed by atoms with Crippen molar-refractivity contribution in [3.63, 3.8) is 0 Å². The Bertz CT molecular complexity index is 364. The van der Waals surface area contributed by atoms with Crippen molar-refractivity contribution in [2.24, 2.45) is 0 Å². The summed E-state index contributed by atoms with van der Waals surface area (Å²) < 4.78 is 5.85. The number of likely N-dealkylation sites (N-methyl/N-ethyl adjacent to an activating group) is 1. The maximum atomic E-state index is 5.85. The molecule has 2 heteroatoms. The topological polar surface area (TPSA) is 21.3 Å². The summed E-state index contributed by atoms with van der Waals surface area (Å²) in [4.78, 5) is 0. The third-order valence-electron chi connectivity index (χ3n) is 5.87. The first-order valence-corrected chi connectivity index (χ1v) is 13.4. The minimum Gasteiger partial charge on any atom is -0.380 e. The normalized spacial score (nSPS) is 13.0. The molecule has 0 aromatic carbocycles. The van der Waals surface area contributed by atoms with Crippen LogP contribution in [-0.4, -0.2) is 26.3 Å². The van der Waals surface area contributed by atoms with Gasteiger partial charge in [-0.3, -0.25) is 0 Å². The van der Waals surface area contributed by atoms with E-state index in [1.165, 1.54) is 109 Å². The lowest BCUT2D eigenvalue weighted by molar-refractivity contribution is 0.106. The number of rotatable bonds is 24. The Morgan fingerprint density at radius 2 is 1.17 bits per heavy atom. The second kappa shape index (κ2) is 26.4. The molecule has 0 bridgehead atoms. The van der Waals surface area contributed by atoms with Crippen LogP contribution in [0.15, 0.2) is 24.3 Å². The molecule has 0 saturated heterocycles. The molecule has 30 heavy (non-hydrogen) atoms. The fourth-order valence-corrected chi connectivity index (χ4v) is 3.72. The fraction of sp³-hybridized carbons (Fsp3) is 0.857. The predicted octanol–water partition coefficient (Wildman–Crippen LogP) is 8.77. The largest absolute Gasteiger partial charge is 0.380 e. The molecule has 1 atom stereocenters. The van der Waals surface area contributed by atoms with Crippen LogP contribution in [0.3, 0.4) is 0 Å². The molecule has 0 heterocycles. The molecule has 0 radical (unpaired) electrons. The zero-order valence-corrected chi connectivity index (χ0v) is 20.9. The van der Waals surface area contributed by atoms with E-state index in [-0.39, 0.29) is 0 Å². The Balaban J connectivity index is 3.33. The first-order chi connectivity index (χ1) is 14.8. The summed E-state index contributed by atoms with van der Waals surface area (Å²) in [7, 11) is 2.07. The summed E-state index contributed by atoms with van der Waals surface area (Å²) in [5.41, 5.74) is 0. The van der Waals surface area contributed by atoms with E-state index in [4.69, 9.17) is 4.74 Å². The van der Waals surface area contributed by atoms with Gasteiger partial charge in [-0.2, -0.15) is 0 Å². The van der Waals surface area contributed by atoms with Crippen molar-refractivity contribution in [3.8, 4) is 0 Å². The number of allylic oxidation sites excluding steroid dienone is 4. The van der Waals surface area contributed by atoms with E-state index in [1.54, 1.807) is 0 Å². The van der Waals surface area contributed by atoms with Crippen molar-refractivity contribution in [2.75, 3.05) is 20.3 Å². The van der Waals surface area contributed by atoms with Crippen LogP contribution in [0.4, 0.5) is 0 Å². The van der Waals surface area contributed by atoms with Gasteiger partial charge in [-0.05, 0) is 52.0 Å². The van der Waals surface area contributed by atoms with Gasteiger partial charge in [-0.1, -0.05) is 109 Å². The predicted molar refractivity (Wildman–Crippen MR) is 136 cm³/mol. The molecule has 0 aliphatic rings. The van der Waals surface area contributed by atoms with Crippen LogP contribution in [0, 0.1) is 0 Å². The Morgan fingerprint density at radius 1 is 0.633 bits per heavy atom. The molecule has 0 aliphatic heterocycles. The average molecular weight is 422 g/mol. The highest BCUT2D eigenvalue weighted by Crippen LogP contribution is 2.11. The molecule has 0 saturated carbocycles. The lowest BCUT2D eigenvalue weighted by Gasteiger charge is -2.16. The Hall–Kier alpha value is -0.600. The number of nitrogens with one attached hydrogen (secondary N) is 1. The zero-order valence-electron chi connectivity index (χ0n) is 20.9. The van der Waals surface area contributed by atoms with E-state index >= 15 is 0 Å². The minimum atomic E-state index is 0.536. The zero-order chi connectivity index (χ0) is 22.0.